The Balaban J connectivity index is 1.47. The average Bonchev–Trinajstić information content (AvgIpc) is 3.08. The van der Waals surface area contributed by atoms with E-state index in [4.69, 9.17) is 0 Å². The first-order chi connectivity index (χ1) is 11.8. The molecule has 0 radical (unpaired) electrons. The molecular weight excluding hydrogens is 316 g/mol. The molecule has 0 bridgehead atoms. The third-order valence-corrected chi connectivity index (χ3v) is 4.98. The molecule has 138 valence electrons. The molecule has 1 atom stereocenters. The summed E-state index contributed by atoms with van der Waals surface area (Å²) in [6, 6.07) is -0.0598. The lowest BCUT2D eigenvalue weighted by atomic mass is 9.94. The first kappa shape index (κ1) is 18.0. The maximum Gasteiger partial charge on any atom is 0.224 e. The number of carbonyl (C=O) groups is 2. The van der Waals surface area contributed by atoms with Gasteiger partial charge in [-0.1, -0.05) is 20.8 Å². The summed E-state index contributed by atoms with van der Waals surface area (Å²) in [5, 5.41) is 10.6. The van der Waals surface area contributed by atoms with Crippen molar-refractivity contribution in [2.75, 3.05) is 13.1 Å². The summed E-state index contributed by atoms with van der Waals surface area (Å²) in [4.78, 5) is 26.3. The molecule has 2 amide bonds. The standard InChI is InChI=1S/C19H30N4O2/c1-19(2,3)12-23-11-13(10-18(23)25)20-17(24)9-8-16-14-6-4-5-7-15(14)21-22-16/h13H,4-12H2,1-3H3,(H,20,24)(H,21,22)/t13-/m1/s1. The van der Waals surface area contributed by atoms with Gasteiger partial charge >= 0.3 is 0 Å². The van der Waals surface area contributed by atoms with Crippen molar-refractivity contribution >= 4 is 11.8 Å². The van der Waals surface area contributed by atoms with Crippen LogP contribution in [-0.2, 0) is 28.9 Å². The van der Waals surface area contributed by atoms with Gasteiger partial charge in [0.05, 0.1) is 11.7 Å². The van der Waals surface area contributed by atoms with Crippen LogP contribution in [0, 0.1) is 5.41 Å². The number of nitrogens with one attached hydrogen (secondary N) is 2. The molecular formula is C19H30N4O2. The highest BCUT2D eigenvalue weighted by Crippen LogP contribution is 2.23. The van der Waals surface area contributed by atoms with E-state index in [2.05, 4.69) is 36.3 Å². The summed E-state index contributed by atoms with van der Waals surface area (Å²) in [6.45, 7) is 7.72. The second-order valence-electron chi connectivity index (χ2n) is 8.64. The number of likely N-dealkylation sites (tertiary alicyclic amines) is 1. The fourth-order valence-electron chi connectivity index (χ4n) is 3.88. The van der Waals surface area contributed by atoms with E-state index in [9.17, 15) is 9.59 Å². The quantitative estimate of drug-likeness (QED) is 0.856. The molecule has 1 aliphatic heterocycles. The summed E-state index contributed by atoms with van der Waals surface area (Å²) in [7, 11) is 0. The molecule has 2 heterocycles. The van der Waals surface area contributed by atoms with Crippen molar-refractivity contribution in [2.45, 2.75) is 71.8 Å². The highest BCUT2D eigenvalue weighted by molar-refractivity contribution is 5.82. The zero-order valence-corrected chi connectivity index (χ0v) is 15.7. The Morgan fingerprint density at radius 1 is 1.32 bits per heavy atom. The number of aryl methyl sites for hydroxylation is 2. The van der Waals surface area contributed by atoms with E-state index in [0.717, 1.165) is 25.1 Å². The molecule has 3 rings (SSSR count). The van der Waals surface area contributed by atoms with Crippen LogP contribution >= 0.6 is 0 Å². The monoisotopic (exact) mass is 346 g/mol. The van der Waals surface area contributed by atoms with Gasteiger partial charge in [-0.3, -0.25) is 14.7 Å². The van der Waals surface area contributed by atoms with Gasteiger partial charge in [0, 0.05) is 38.0 Å². The van der Waals surface area contributed by atoms with Gasteiger partial charge < -0.3 is 10.2 Å². The van der Waals surface area contributed by atoms with Crippen LogP contribution in [0.25, 0.3) is 0 Å². The molecule has 0 aromatic carbocycles. The lowest BCUT2D eigenvalue weighted by Gasteiger charge is -2.26. The van der Waals surface area contributed by atoms with Crippen LogP contribution in [-0.4, -0.2) is 46.0 Å². The second kappa shape index (κ2) is 7.18. The highest BCUT2D eigenvalue weighted by Gasteiger charge is 2.32. The lowest BCUT2D eigenvalue weighted by Crippen LogP contribution is -2.39. The van der Waals surface area contributed by atoms with Crippen LogP contribution in [0.4, 0.5) is 0 Å². The van der Waals surface area contributed by atoms with E-state index < -0.39 is 0 Å². The Morgan fingerprint density at radius 3 is 2.84 bits per heavy atom. The molecule has 2 aliphatic rings. The fourth-order valence-corrected chi connectivity index (χ4v) is 3.88. The SMILES string of the molecule is CC(C)(C)CN1C[C@H](NC(=O)CCc2n[nH]c3c2CCCC3)CC1=O. The number of hydrogen-bond donors (Lipinski definition) is 2. The fraction of sp³-hybridized carbons (Fsp3) is 0.737. The highest BCUT2D eigenvalue weighted by atomic mass is 16.2. The predicted molar refractivity (Wildman–Crippen MR) is 96.1 cm³/mol. The van der Waals surface area contributed by atoms with Crippen molar-refractivity contribution in [3.63, 3.8) is 0 Å². The minimum Gasteiger partial charge on any atom is -0.351 e. The van der Waals surface area contributed by atoms with Crippen LogP contribution in [0.2, 0.25) is 0 Å². The van der Waals surface area contributed by atoms with Crippen molar-refractivity contribution < 1.29 is 9.59 Å². The molecule has 0 saturated carbocycles. The van der Waals surface area contributed by atoms with Gasteiger partial charge in [0.25, 0.3) is 0 Å². The molecule has 1 saturated heterocycles. The molecule has 1 aromatic heterocycles. The molecule has 0 spiro atoms. The van der Waals surface area contributed by atoms with Crippen molar-refractivity contribution in [2.24, 2.45) is 5.41 Å². The summed E-state index contributed by atoms with van der Waals surface area (Å²) in [6.07, 6.45) is 6.09. The first-order valence-corrected chi connectivity index (χ1v) is 9.44. The van der Waals surface area contributed by atoms with Crippen molar-refractivity contribution in [1.82, 2.24) is 20.4 Å². The summed E-state index contributed by atoms with van der Waals surface area (Å²) < 4.78 is 0. The van der Waals surface area contributed by atoms with Gasteiger partial charge in [0.15, 0.2) is 0 Å². The van der Waals surface area contributed by atoms with E-state index in [1.54, 1.807) is 0 Å². The van der Waals surface area contributed by atoms with Gasteiger partial charge in [-0.15, -0.1) is 0 Å². The van der Waals surface area contributed by atoms with Crippen LogP contribution in [0.1, 0.15) is 63.4 Å². The molecule has 25 heavy (non-hydrogen) atoms. The number of fused-ring (bicyclic) bond motifs is 1. The Kier molecular flexibility index (Phi) is 5.16. The van der Waals surface area contributed by atoms with Gasteiger partial charge in [0.1, 0.15) is 0 Å². The van der Waals surface area contributed by atoms with Crippen molar-refractivity contribution in [3.8, 4) is 0 Å². The van der Waals surface area contributed by atoms with Gasteiger partial charge in [-0.2, -0.15) is 5.10 Å². The normalized spacial score (nSPS) is 20.7. The Labute approximate surface area is 149 Å². The number of carbonyl (C=O) groups excluding carboxylic acids is 2. The Bertz CT molecular complexity index is 644. The molecule has 1 aliphatic carbocycles. The number of hydrogen-bond acceptors (Lipinski definition) is 3. The maximum atomic E-state index is 12.3. The predicted octanol–water partition coefficient (Wildman–Crippen LogP) is 1.98. The maximum absolute atomic E-state index is 12.3. The Hall–Kier alpha value is -1.85. The van der Waals surface area contributed by atoms with E-state index >= 15 is 0 Å². The molecule has 1 aromatic rings. The average molecular weight is 346 g/mol. The van der Waals surface area contributed by atoms with E-state index in [0.29, 0.717) is 25.8 Å². The number of nitrogens with zero attached hydrogens (tertiary/aromatic N) is 2. The van der Waals surface area contributed by atoms with E-state index in [1.165, 1.54) is 24.1 Å². The zero-order valence-electron chi connectivity index (χ0n) is 15.7. The largest absolute Gasteiger partial charge is 0.351 e. The summed E-state index contributed by atoms with van der Waals surface area (Å²) in [5.74, 6) is 0.157. The number of rotatable bonds is 5. The smallest absolute Gasteiger partial charge is 0.224 e. The summed E-state index contributed by atoms with van der Waals surface area (Å²) >= 11 is 0. The van der Waals surface area contributed by atoms with Gasteiger partial charge in [0.2, 0.25) is 11.8 Å². The Morgan fingerprint density at radius 2 is 2.08 bits per heavy atom. The molecule has 1 fully saturated rings. The van der Waals surface area contributed by atoms with Crippen LogP contribution in [0.15, 0.2) is 0 Å². The van der Waals surface area contributed by atoms with Crippen molar-refractivity contribution in [3.05, 3.63) is 17.0 Å². The first-order valence-electron chi connectivity index (χ1n) is 9.44. The second-order valence-corrected chi connectivity index (χ2v) is 8.64. The number of H-pyrrole nitrogens is 1. The van der Waals surface area contributed by atoms with Crippen molar-refractivity contribution in [1.29, 1.82) is 0 Å². The third kappa shape index (κ3) is 4.61. The van der Waals surface area contributed by atoms with Gasteiger partial charge in [-0.25, -0.2) is 0 Å². The van der Waals surface area contributed by atoms with E-state index in [1.807, 2.05) is 4.90 Å². The number of aromatic nitrogens is 2. The topological polar surface area (TPSA) is 78.1 Å². The van der Waals surface area contributed by atoms with E-state index in [-0.39, 0.29) is 23.3 Å². The summed E-state index contributed by atoms with van der Waals surface area (Å²) in [5.41, 5.74) is 3.70. The van der Waals surface area contributed by atoms with Crippen LogP contribution in [0.5, 0.6) is 0 Å². The zero-order chi connectivity index (χ0) is 18.0. The third-order valence-electron chi connectivity index (χ3n) is 4.98. The number of amides is 2. The molecule has 6 nitrogen and oxygen atoms in total. The molecule has 0 unspecified atom stereocenters. The van der Waals surface area contributed by atoms with Crippen LogP contribution in [0.3, 0.4) is 0 Å². The minimum atomic E-state index is -0.0598. The van der Waals surface area contributed by atoms with Crippen LogP contribution < -0.4 is 5.32 Å². The number of aromatic amines is 1. The lowest BCUT2D eigenvalue weighted by molar-refractivity contribution is -0.128. The van der Waals surface area contributed by atoms with Gasteiger partial charge in [-0.05, 0) is 36.7 Å². The molecule has 2 N–H and O–H groups in total. The minimum absolute atomic E-state index is 0.0166. The molecule has 6 heteroatoms.